The van der Waals surface area contributed by atoms with Crippen LogP contribution < -0.4 is 10.1 Å². The molecule has 2 heterocycles. The van der Waals surface area contributed by atoms with E-state index in [1.807, 2.05) is 42.6 Å². The van der Waals surface area contributed by atoms with Gasteiger partial charge in [-0.15, -0.1) is 16.4 Å². The number of aromatic nitrogens is 4. The van der Waals surface area contributed by atoms with Gasteiger partial charge < -0.3 is 10.1 Å². The molecule has 8 heteroatoms. The molecule has 0 saturated carbocycles. The zero-order chi connectivity index (χ0) is 16.1. The molecule has 1 amide bonds. The second-order valence-corrected chi connectivity index (χ2v) is 5.54. The molecule has 0 radical (unpaired) electrons. The number of carbonyl (C=O) groups excluding carboxylic acids is 1. The highest BCUT2D eigenvalue weighted by atomic mass is 32.1. The van der Waals surface area contributed by atoms with Gasteiger partial charge in [0.15, 0.2) is 5.82 Å². The van der Waals surface area contributed by atoms with Gasteiger partial charge >= 0.3 is 0 Å². The molecule has 0 fully saturated rings. The Labute approximate surface area is 136 Å². The van der Waals surface area contributed by atoms with Crippen LogP contribution in [0.25, 0.3) is 5.69 Å². The van der Waals surface area contributed by atoms with Crippen LogP contribution in [0.15, 0.2) is 41.8 Å². The summed E-state index contributed by atoms with van der Waals surface area (Å²) < 4.78 is 7.00. The Morgan fingerprint density at radius 3 is 2.83 bits per heavy atom. The molecule has 3 rings (SSSR count). The molecule has 0 unspecified atom stereocenters. The molecule has 1 aromatic carbocycles. The number of thiophene rings is 1. The van der Waals surface area contributed by atoms with Crippen LogP contribution in [-0.4, -0.2) is 32.7 Å². The van der Waals surface area contributed by atoms with Gasteiger partial charge in [0.05, 0.1) is 23.7 Å². The number of tetrazole rings is 1. The number of amides is 1. The van der Waals surface area contributed by atoms with Crippen LogP contribution in [-0.2, 0) is 6.54 Å². The van der Waals surface area contributed by atoms with Gasteiger partial charge in [0.25, 0.3) is 5.91 Å². The van der Waals surface area contributed by atoms with Crippen LogP contribution in [0.3, 0.4) is 0 Å². The van der Waals surface area contributed by atoms with Crippen LogP contribution in [0.1, 0.15) is 22.4 Å². The van der Waals surface area contributed by atoms with Crippen molar-refractivity contribution in [3.63, 3.8) is 0 Å². The third-order valence-corrected chi connectivity index (χ3v) is 3.95. The zero-order valence-corrected chi connectivity index (χ0v) is 13.3. The van der Waals surface area contributed by atoms with Crippen molar-refractivity contribution >= 4 is 17.2 Å². The Morgan fingerprint density at radius 2 is 2.13 bits per heavy atom. The summed E-state index contributed by atoms with van der Waals surface area (Å²) in [6.07, 6.45) is 0. The van der Waals surface area contributed by atoms with Crippen LogP contribution in [0.5, 0.6) is 5.75 Å². The summed E-state index contributed by atoms with van der Waals surface area (Å²) in [5.74, 6) is 1.21. The molecule has 2 aromatic heterocycles. The van der Waals surface area contributed by atoms with Crippen molar-refractivity contribution in [2.45, 2.75) is 13.5 Å². The number of nitrogens with zero attached hydrogens (tertiary/aromatic N) is 4. The van der Waals surface area contributed by atoms with E-state index in [0.29, 0.717) is 17.3 Å². The topological polar surface area (TPSA) is 81.9 Å². The van der Waals surface area contributed by atoms with Crippen molar-refractivity contribution in [2.24, 2.45) is 0 Å². The molecule has 0 saturated heterocycles. The van der Waals surface area contributed by atoms with Gasteiger partial charge in [0.2, 0.25) is 0 Å². The fourth-order valence-electron chi connectivity index (χ4n) is 2.02. The first kappa shape index (κ1) is 15.2. The molecule has 1 N–H and O–H groups in total. The number of ether oxygens (including phenoxy) is 1. The Morgan fingerprint density at radius 1 is 1.30 bits per heavy atom. The fraction of sp³-hybridized carbons (Fsp3) is 0.200. The summed E-state index contributed by atoms with van der Waals surface area (Å²) >= 11 is 1.39. The summed E-state index contributed by atoms with van der Waals surface area (Å²) in [5.41, 5.74) is 0.804. The lowest BCUT2D eigenvalue weighted by atomic mass is 10.3. The van der Waals surface area contributed by atoms with Crippen LogP contribution in [0.4, 0.5) is 0 Å². The lowest BCUT2D eigenvalue weighted by Gasteiger charge is -2.07. The van der Waals surface area contributed by atoms with Crippen molar-refractivity contribution < 1.29 is 9.53 Å². The van der Waals surface area contributed by atoms with Crippen molar-refractivity contribution in [1.82, 2.24) is 25.5 Å². The largest absolute Gasteiger partial charge is 0.494 e. The maximum absolute atomic E-state index is 12.0. The van der Waals surface area contributed by atoms with Gasteiger partial charge in [-0.3, -0.25) is 4.79 Å². The second kappa shape index (κ2) is 7.01. The normalized spacial score (nSPS) is 10.5. The Balaban J connectivity index is 1.70. The van der Waals surface area contributed by atoms with Crippen molar-refractivity contribution in [3.05, 3.63) is 52.5 Å². The minimum absolute atomic E-state index is 0.138. The highest BCUT2D eigenvalue weighted by Crippen LogP contribution is 2.15. The summed E-state index contributed by atoms with van der Waals surface area (Å²) in [5, 5.41) is 16.3. The quantitative estimate of drug-likeness (QED) is 0.748. The van der Waals surface area contributed by atoms with E-state index < -0.39 is 0 Å². The number of hydrogen-bond donors (Lipinski definition) is 1. The van der Waals surface area contributed by atoms with Crippen molar-refractivity contribution in [1.29, 1.82) is 0 Å². The summed E-state index contributed by atoms with van der Waals surface area (Å²) in [7, 11) is 0. The SMILES string of the molecule is CCOc1ccc(-n2nnnc2CNC(=O)c2cccs2)cc1. The average molecular weight is 329 g/mol. The van der Waals surface area contributed by atoms with E-state index in [2.05, 4.69) is 20.8 Å². The lowest BCUT2D eigenvalue weighted by molar-refractivity contribution is 0.0953. The number of benzene rings is 1. The molecular weight excluding hydrogens is 314 g/mol. The molecule has 0 bridgehead atoms. The van der Waals surface area contributed by atoms with Gasteiger partial charge in [0, 0.05) is 0 Å². The predicted molar refractivity (Wildman–Crippen MR) is 85.8 cm³/mol. The van der Waals surface area contributed by atoms with Crippen LogP contribution >= 0.6 is 11.3 Å². The molecule has 0 aliphatic carbocycles. The first-order chi connectivity index (χ1) is 11.3. The molecule has 0 spiro atoms. The standard InChI is InChI=1S/C15H15N5O2S/c1-2-22-12-7-5-11(6-8-12)20-14(17-18-19-20)10-16-15(21)13-4-3-9-23-13/h3-9H,2,10H2,1H3,(H,16,21). The van der Waals surface area contributed by atoms with Crippen molar-refractivity contribution in [2.75, 3.05) is 6.61 Å². The monoisotopic (exact) mass is 329 g/mol. The third-order valence-electron chi connectivity index (χ3n) is 3.08. The van der Waals surface area contributed by atoms with Gasteiger partial charge in [-0.25, -0.2) is 0 Å². The van der Waals surface area contributed by atoms with E-state index in [9.17, 15) is 4.79 Å². The molecule has 23 heavy (non-hydrogen) atoms. The number of hydrogen-bond acceptors (Lipinski definition) is 6. The third kappa shape index (κ3) is 3.54. The number of nitrogens with one attached hydrogen (secondary N) is 1. The van der Waals surface area contributed by atoms with E-state index in [0.717, 1.165) is 11.4 Å². The average Bonchev–Trinajstić information content (AvgIpc) is 3.25. The maximum atomic E-state index is 12.0. The Hall–Kier alpha value is -2.74. The molecule has 0 atom stereocenters. The Kier molecular flexibility index (Phi) is 4.62. The zero-order valence-electron chi connectivity index (χ0n) is 12.5. The second-order valence-electron chi connectivity index (χ2n) is 4.59. The predicted octanol–water partition coefficient (Wildman–Crippen LogP) is 2.05. The minimum Gasteiger partial charge on any atom is -0.494 e. The maximum Gasteiger partial charge on any atom is 0.261 e. The lowest BCUT2D eigenvalue weighted by Crippen LogP contribution is -2.23. The Bertz CT molecular complexity index is 768. The fourth-order valence-corrected chi connectivity index (χ4v) is 2.66. The first-order valence-electron chi connectivity index (χ1n) is 7.10. The molecule has 7 nitrogen and oxygen atoms in total. The highest BCUT2D eigenvalue weighted by Gasteiger charge is 2.11. The van der Waals surface area contributed by atoms with Gasteiger partial charge in [-0.05, 0) is 53.1 Å². The van der Waals surface area contributed by atoms with Gasteiger partial charge in [-0.2, -0.15) is 4.68 Å². The molecule has 3 aromatic rings. The number of rotatable bonds is 6. The molecule has 118 valence electrons. The van der Waals surface area contributed by atoms with Crippen LogP contribution in [0, 0.1) is 0 Å². The van der Waals surface area contributed by atoms with E-state index >= 15 is 0 Å². The smallest absolute Gasteiger partial charge is 0.261 e. The van der Waals surface area contributed by atoms with Crippen molar-refractivity contribution in [3.8, 4) is 11.4 Å². The molecular formula is C15H15N5O2S. The molecule has 0 aliphatic heterocycles. The van der Waals surface area contributed by atoms with E-state index in [1.165, 1.54) is 11.3 Å². The van der Waals surface area contributed by atoms with Crippen LogP contribution in [0.2, 0.25) is 0 Å². The van der Waals surface area contributed by atoms with Gasteiger partial charge in [0.1, 0.15) is 5.75 Å². The highest BCUT2D eigenvalue weighted by molar-refractivity contribution is 7.12. The number of carbonyl (C=O) groups is 1. The van der Waals surface area contributed by atoms with Gasteiger partial charge in [-0.1, -0.05) is 6.07 Å². The summed E-state index contributed by atoms with van der Waals surface area (Å²) in [6.45, 7) is 2.80. The summed E-state index contributed by atoms with van der Waals surface area (Å²) in [4.78, 5) is 12.6. The summed E-state index contributed by atoms with van der Waals surface area (Å²) in [6, 6.07) is 11.1. The van der Waals surface area contributed by atoms with E-state index in [1.54, 1.807) is 10.7 Å². The van der Waals surface area contributed by atoms with E-state index in [-0.39, 0.29) is 12.5 Å². The van der Waals surface area contributed by atoms with E-state index in [4.69, 9.17) is 4.74 Å². The minimum atomic E-state index is -0.138. The first-order valence-corrected chi connectivity index (χ1v) is 7.98. The molecule has 0 aliphatic rings.